The monoisotopic (exact) mass is 525 g/mol. The summed E-state index contributed by atoms with van der Waals surface area (Å²) in [5.74, 6) is 0.848. The van der Waals surface area contributed by atoms with E-state index in [1.54, 1.807) is 6.08 Å². The first-order valence-corrected chi connectivity index (χ1v) is 12.6. The number of terminal acetylenes is 1. The third-order valence-electron chi connectivity index (χ3n) is 6.04. The summed E-state index contributed by atoms with van der Waals surface area (Å²) < 4.78 is 5.73. The number of aliphatic imine (C=N–C) groups is 1. The summed E-state index contributed by atoms with van der Waals surface area (Å²) in [6.45, 7) is 5.50. The van der Waals surface area contributed by atoms with Gasteiger partial charge in [0.25, 0.3) is 0 Å². The number of allylic oxidation sites excluding steroid dienone is 3. The molecular weight excluding hydrogens is 493 g/mol. The van der Waals surface area contributed by atoms with Crippen molar-refractivity contribution >= 4 is 40.4 Å². The van der Waals surface area contributed by atoms with Gasteiger partial charge in [0, 0.05) is 60.1 Å². The van der Waals surface area contributed by atoms with Crippen molar-refractivity contribution in [2.45, 2.75) is 25.6 Å². The SMILES string of the molecule is C#C.C[C@H]1CN(CC2N=C(Nc3ccc(Cl)cc3)c3ccc(C/C(Cl)=C\C=C/N)cc3N2C)CCO1. The quantitative estimate of drug-likeness (QED) is 0.406. The van der Waals surface area contributed by atoms with Crippen LogP contribution in [0.15, 0.2) is 70.8 Å². The Morgan fingerprint density at radius 3 is 2.69 bits per heavy atom. The summed E-state index contributed by atoms with van der Waals surface area (Å²) in [7, 11) is 2.11. The molecule has 4 rings (SSSR count). The normalized spacial score (nSPS) is 20.3. The molecule has 0 spiro atoms. The lowest BCUT2D eigenvalue weighted by Crippen LogP contribution is -2.49. The Labute approximate surface area is 224 Å². The van der Waals surface area contributed by atoms with E-state index < -0.39 is 0 Å². The van der Waals surface area contributed by atoms with Crippen LogP contribution in [0.25, 0.3) is 0 Å². The lowest BCUT2D eigenvalue weighted by atomic mass is 10.0. The molecule has 0 bridgehead atoms. The highest BCUT2D eigenvalue weighted by molar-refractivity contribution is 6.30. The Morgan fingerprint density at radius 1 is 1.25 bits per heavy atom. The van der Waals surface area contributed by atoms with Crippen molar-refractivity contribution in [2.75, 3.05) is 43.5 Å². The maximum atomic E-state index is 6.41. The molecule has 1 fully saturated rings. The van der Waals surface area contributed by atoms with Gasteiger partial charge in [-0.3, -0.25) is 4.90 Å². The van der Waals surface area contributed by atoms with E-state index in [0.29, 0.717) is 11.4 Å². The summed E-state index contributed by atoms with van der Waals surface area (Å²) in [6.07, 6.45) is 13.9. The van der Waals surface area contributed by atoms with Crippen molar-refractivity contribution in [2.24, 2.45) is 10.7 Å². The van der Waals surface area contributed by atoms with Crippen molar-refractivity contribution in [3.8, 4) is 12.8 Å². The number of anilines is 2. The summed E-state index contributed by atoms with van der Waals surface area (Å²) in [5.41, 5.74) is 9.68. The van der Waals surface area contributed by atoms with Gasteiger partial charge in [0.15, 0.2) is 0 Å². The molecule has 0 aromatic heterocycles. The average Bonchev–Trinajstić information content (AvgIpc) is 2.88. The molecule has 2 aromatic carbocycles. The zero-order valence-electron chi connectivity index (χ0n) is 20.7. The zero-order chi connectivity index (χ0) is 26.1. The van der Waals surface area contributed by atoms with Gasteiger partial charge in [-0.2, -0.15) is 0 Å². The predicted octanol–water partition coefficient (Wildman–Crippen LogP) is 5.08. The number of nitrogens with two attached hydrogens (primary N) is 1. The highest BCUT2D eigenvalue weighted by Crippen LogP contribution is 2.31. The molecule has 190 valence electrons. The van der Waals surface area contributed by atoms with Gasteiger partial charge < -0.3 is 20.7 Å². The maximum Gasteiger partial charge on any atom is 0.137 e. The van der Waals surface area contributed by atoms with E-state index in [-0.39, 0.29) is 12.3 Å². The van der Waals surface area contributed by atoms with Crippen LogP contribution in [0.5, 0.6) is 0 Å². The zero-order valence-corrected chi connectivity index (χ0v) is 22.2. The Bertz CT molecular complexity index is 1130. The van der Waals surface area contributed by atoms with Gasteiger partial charge in [-0.15, -0.1) is 12.8 Å². The Balaban J connectivity index is 0.00000176. The third-order valence-corrected chi connectivity index (χ3v) is 6.55. The maximum absolute atomic E-state index is 6.41. The summed E-state index contributed by atoms with van der Waals surface area (Å²) >= 11 is 12.5. The largest absolute Gasteiger partial charge is 0.405 e. The second-order valence-corrected chi connectivity index (χ2v) is 9.59. The molecule has 2 aromatic rings. The fourth-order valence-corrected chi connectivity index (χ4v) is 4.63. The number of rotatable bonds is 6. The van der Waals surface area contributed by atoms with Crippen LogP contribution < -0.4 is 16.0 Å². The molecule has 0 saturated carbocycles. The van der Waals surface area contributed by atoms with E-state index in [2.05, 4.69) is 60.1 Å². The van der Waals surface area contributed by atoms with E-state index in [1.807, 2.05) is 30.3 Å². The van der Waals surface area contributed by atoms with Crippen LogP contribution in [0.2, 0.25) is 5.02 Å². The van der Waals surface area contributed by atoms with Crippen molar-refractivity contribution in [3.05, 3.63) is 82.0 Å². The number of hydrogen-bond acceptors (Lipinski definition) is 6. The molecule has 2 aliphatic rings. The number of amidine groups is 1. The van der Waals surface area contributed by atoms with Crippen LogP contribution in [-0.2, 0) is 11.2 Å². The molecule has 0 amide bonds. The number of nitrogens with zero attached hydrogens (tertiary/aromatic N) is 3. The molecule has 36 heavy (non-hydrogen) atoms. The van der Waals surface area contributed by atoms with Gasteiger partial charge in [0.1, 0.15) is 12.0 Å². The predicted molar refractivity (Wildman–Crippen MR) is 153 cm³/mol. The van der Waals surface area contributed by atoms with E-state index >= 15 is 0 Å². The number of benzene rings is 2. The minimum atomic E-state index is -0.0333. The van der Waals surface area contributed by atoms with Gasteiger partial charge in [0.2, 0.25) is 0 Å². The van der Waals surface area contributed by atoms with Gasteiger partial charge in [-0.05, 0) is 67.2 Å². The molecule has 2 atom stereocenters. The highest BCUT2D eigenvalue weighted by Gasteiger charge is 2.29. The molecule has 1 saturated heterocycles. The number of halogens is 2. The molecular formula is C28H33Cl2N5O. The van der Waals surface area contributed by atoms with Crippen LogP contribution >= 0.6 is 23.2 Å². The number of nitrogens with one attached hydrogen (secondary N) is 1. The van der Waals surface area contributed by atoms with E-state index in [1.165, 1.54) is 6.20 Å². The fourth-order valence-electron chi connectivity index (χ4n) is 4.28. The molecule has 6 nitrogen and oxygen atoms in total. The van der Waals surface area contributed by atoms with Crippen LogP contribution in [0.1, 0.15) is 18.1 Å². The van der Waals surface area contributed by atoms with Crippen LogP contribution in [0, 0.1) is 12.8 Å². The average molecular weight is 527 g/mol. The standard InChI is InChI=1S/C26H31Cl2N5O.C2H2/c1-18-16-33(12-13-34-18)17-25-31-26(30-22-8-6-20(27)7-9-22)23-10-5-19(15-24(23)32(25)2)14-21(28)4-3-11-29;1-2/h3-11,15,18,25H,12-14,16-17,29H2,1-2H3,(H,30,31);1-2H/b11-3-,21-4+;/t18-,25?;/m0./s1. The molecule has 1 unspecified atom stereocenters. The Kier molecular flexibility index (Phi) is 10.3. The van der Waals surface area contributed by atoms with Gasteiger partial charge >= 0.3 is 0 Å². The Morgan fingerprint density at radius 2 is 2.00 bits per heavy atom. The smallest absolute Gasteiger partial charge is 0.137 e. The van der Waals surface area contributed by atoms with Crippen molar-refractivity contribution in [1.29, 1.82) is 0 Å². The van der Waals surface area contributed by atoms with Gasteiger partial charge in [-0.25, -0.2) is 4.99 Å². The third kappa shape index (κ3) is 7.28. The molecule has 2 aliphatic heterocycles. The molecule has 3 N–H and O–H groups in total. The molecule has 0 radical (unpaired) electrons. The molecule has 2 heterocycles. The minimum Gasteiger partial charge on any atom is -0.405 e. The van der Waals surface area contributed by atoms with Gasteiger partial charge in [-0.1, -0.05) is 29.3 Å². The van der Waals surface area contributed by atoms with Crippen LogP contribution in [0.4, 0.5) is 11.4 Å². The number of morpholine rings is 1. The first-order chi connectivity index (χ1) is 17.4. The minimum absolute atomic E-state index is 0.0333. The number of ether oxygens (including phenoxy) is 1. The van der Waals surface area contributed by atoms with Crippen LogP contribution in [0.3, 0.4) is 0 Å². The van der Waals surface area contributed by atoms with E-state index in [4.69, 9.17) is 38.7 Å². The lowest BCUT2D eigenvalue weighted by molar-refractivity contribution is -0.0197. The number of likely N-dealkylation sites (N-methyl/N-ethyl adjacent to an activating group) is 1. The van der Waals surface area contributed by atoms with E-state index in [0.717, 1.165) is 59.6 Å². The molecule has 8 heteroatoms. The van der Waals surface area contributed by atoms with Gasteiger partial charge in [0.05, 0.1) is 12.7 Å². The van der Waals surface area contributed by atoms with Crippen molar-refractivity contribution in [3.63, 3.8) is 0 Å². The highest BCUT2D eigenvalue weighted by atomic mass is 35.5. The topological polar surface area (TPSA) is 66.1 Å². The number of hydrogen-bond donors (Lipinski definition) is 2. The summed E-state index contributed by atoms with van der Waals surface area (Å²) in [6, 6.07) is 14.1. The van der Waals surface area contributed by atoms with Crippen LogP contribution in [-0.4, -0.2) is 56.3 Å². The van der Waals surface area contributed by atoms with Crippen molar-refractivity contribution in [1.82, 2.24) is 4.90 Å². The number of fused-ring (bicyclic) bond motifs is 1. The summed E-state index contributed by atoms with van der Waals surface area (Å²) in [4.78, 5) is 9.80. The van der Waals surface area contributed by atoms with Crippen molar-refractivity contribution < 1.29 is 4.74 Å². The molecule has 0 aliphatic carbocycles. The lowest BCUT2D eigenvalue weighted by Gasteiger charge is -2.39. The fraction of sp³-hybridized carbons (Fsp3) is 0.321. The Hall–Kier alpha value is -2.95. The second-order valence-electron chi connectivity index (χ2n) is 8.67. The first-order valence-electron chi connectivity index (χ1n) is 11.8. The van der Waals surface area contributed by atoms with E-state index in [9.17, 15) is 0 Å². The second kappa shape index (κ2) is 13.4. The summed E-state index contributed by atoms with van der Waals surface area (Å²) in [5, 5.41) is 4.94. The first kappa shape index (κ1) is 27.6.